The fourth-order valence-corrected chi connectivity index (χ4v) is 3.33. The molecule has 0 aromatic carbocycles. The number of hydrogen-bond acceptors (Lipinski definition) is 4. The summed E-state index contributed by atoms with van der Waals surface area (Å²) in [6.45, 7) is 2.52. The summed E-state index contributed by atoms with van der Waals surface area (Å²) in [5.41, 5.74) is 0. The lowest BCUT2D eigenvalue weighted by Crippen LogP contribution is -2.15. The van der Waals surface area contributed by atoms with Gasteiger partial charge in [0.05, 0.1) is 6.20 Å². The second-order valence-electron chi connectivity index (χ2n) is 3.07. The average molecular weight is 257 g/mol. The van der Waals surface area contributed by atoms with Crippen molar-refractivity contribution in [2.24, 2.45) is 0 Å². The number of aryl methyl sites for hydroxylation is 1. The summed E-state index contributed by atoms with van der Waals surface area (Å²) in [6, 6.07) is 4.91. The molecule has 0 saturated carbocycles. The van der Waals surface area contributed by atoms with Crippen molar-refractivity contribution in [3.8, 4) is 0 Å². The maximum atomic E-state index is 11.9. The predicted octanol–water partition coefficient (Wildman–Crippen LogP) is 1.77. The third-order valence-corrected chi connectivity index (χ3v) is 4.77. The van der Waals surface area contributed by atoms with Gasteiger partial charge >= 0.3 is 0 Å². The molecule has 5 nitrogen and oxygen atoms in total. The van der Waals surface area contributed by atoms with E-state index in [0.717, 1.165) is 0 Å². The third kappa shape index (κ3) is 2.10. The maximum absolute atomic E-state index is 11.9. The van der Waals surface area contributed by atoms with Crippen LogP contribution in [-0.2, 0) is 16.6 Å². The molecular formula is C9H11N3O2S2. The molecule has 86 valence electrons. The number of nitrogens with one attached hydrogen (secondary N) is 1. The SMILES string of the molecule is CCn1nccc1NS(=O)(=O)c1cccs1. The highest BCUT2D eigenvalue weighted by Crippen LogP contribution is 2.19. The summed E-state index contributed by atoms with van der Waals surface area (Å²) in [6.07, 6.45) is 1.57. The number of aromatic nitrogens is 2. The summed E-state index contributed by atoms with van der Waals surface area (Å²) in [5, 5.41) is 5.72. The van der Waals surface area contributed by atoms with Gasteiger partial charge in [-0.05, 0) is 18.4 Å². The van der Waals surface area contributed by atoms with E-state index in [1.54, 1.807) is 34.5 Å². The Labute approximate surface area is 97.8 Å². The zero-order valence-corrected chi connectivity index (χ0v) is 10.3. The Kier molecular flexibility index (Phi) is 2.97. The summed E-state index contributed by atoms with van der Waals surface area (Å²) in [7, 11) is -3.46. The number of thiophene rings is 1. The Morgan fingerprint density at radius 1 is 1.50 bits per heavy atom. The predicted molar refractivity (Wildman–Crippen MR) is 63.0 cm³/mol. The molecule has 0 unspecified atom stereocenters. The van der Waals surface area contributed by atoms with E-state index in [2.05, 4.69) is 9.82 Å². The molecule has 0 amide bonds. The van der Waals surface area contributed by atoms with Gasteiger partial charge in [0.15, 0.2) is 0 Å². The molecule has 2 aromatic heterocycles. The molecule has 2 rings (SSSR count). The van der Waals surface area contributed by atoms with E-state index in [-0.39, 0.29) is 0 Å². The molecule has 0 spiro atoms. The highest BCUT2D eigenvalue weighted by Gasteiger charge is 2.16. The minimum atomic E-state index is -3.46. The fraction of sp³-hybridized carbons (Fsp3) is 0.222. The zero-order valence-electron chi connectivity index (χ0n) is 8.62. The van der Waals surface area contributed by atoms with Crippen LogP contribution in [0.1, 0.15) is 6.92 Å². The first kappa shape index (κ1) is 11.2. The quantitative estimate of drug-likeness (QED) is 0.907. The van der Waals surface area contributed by atoms with Gasteiger partial charge in [0.2, 0.25) is 0 Å². The van der Waals surface area contributed by atoms with Gasteiger partial charge in [0.1, 0.15) is 10.0 Å². The highest BCUT2D eigenvalue weighted by atomic mass is 32.2. The van der Waals surface area contributed by atoms with Gasteiger partial charge in [-0.2, -0.15) is 5.10 Å². The Bertz CT molecular complexity index is 557. The average Bonchev–Trinajstić information content (AvgIpc) is 2.86. The monoisotopic (exact) mass is 257 g/mol. The Balaban J connectivity index is 2.29. The second-order valence-corrected chi connectivity index (χ2v) is 5.93. The first-order valence-electron chi connectivity index (χ1n) is 4.71. The lowest BCUT2D eigenvalue weighted by Gasteiger charge is -2.07. The second kappa shape index (κ2) is 4.26. The van der Waals surface area contributed by atoms with E-state index in [4.69, 9.17) is 0 Å². The van der Waals surface area contributed by atoms with Crippen LogP contribution in [0.2, 0.25) is 0 Å². The van der Waals surface area contributed by atoms with E-state index in [9.17, 15) is 8.42 Å². The molecule has 2 aromatic rings. The van der Waals surface area contributed by atoms with Crippen LogP contribution >= 0.6 is 11.3 Å². The molecule has 0 fully saturated rings. The largest absolute Gasteiger partial charge is 0.272 e. The molecule has 0 aliphatic rings. The van der Waals surface area contributed by atoms with Crippen molar-refractivity contribution in [1.29, 1.82) is 0 Å². The van der Waals surface area contributed by atoms with Crippen molar-refractivity contribution < 1.29 is 8.42 Å². The van der Waals surface area contributed by atoms with Crippen LogP contribution in [0.5, 0.6) is 0 Å². The van der Waals surface area contributed by atoms with Crippen LogP contribution in [-0.4, -0.2) is 18.2 Å². The standard InChI is InChI=1S/C9H11N3O2S2/c1-2-12-8(5-6-10-12)11-16(13,14)9-4-3-7-15-9/h3-7,11H,2H2,1H3. The van der Waals surface area contributed by atoms with Gasteiger partial charge in [0.25, 0.3) is 10.0 Å². The summed E-state index contributed by atoms with van der Waals surface area (Å²) in [5.74, 6) is 0.482. The van der Waals surface area contributed by atoms with Gasteiger partial charge in [-0.25, -0.2) is 13.1 Å². The number of anilines is 1. The molecule has 1 N–H and O–H groups in total. The Morgan fingerprint density at radius 2 is 2.31 bits per heavy atom. The van der Waals surface area contributed by atoms with Gasteiger partial charge in [-0.1, -0.05) is 6.07 Å². The third-order valence-electron chi connectivity index (χ3n) is 2.01. The Hall–Kier alpha value is -1.34. The van der Waals surface area contributed by atoms with Gasteiger partial charge in [0, 0.05) is 12.6 Å². The summed E-state index contributed by atoms with van der Waals surface area (Å²) < 4.78 is 28.2. The van der Waals surface area contributed by atoms with Gasteiger partial charge < -0.3 is 0 Å². The molecular weight excluding hydrogens is 246 g/mol. The van der Waals surface area contributed by atoms with E-state index in [0.29, 0.717) is 16.6 Å². The molecule has 16 heavy (non-hydrogen) atoms. The molecule has 0 atom stereocenters. The molecule has 0 radical (unpaired) electrons. The van der Waals surface area contributed by atoms with E-state index >= 15 is 0 Å². The van der Waals surface area contributed by atoms with Crippen LogP contribution in [0, 0.1) is 0 Å². The van der Waals surface area contributed by atoms with Crippen molar-refractivity contribution in [1.82, 2.24) is 9.78 Å². The number of hydrogen-bond donors (Lipinski definition) is 1. The molecule has 0 aliphatic carbocycles. The van der Waals surface area contributed by atoms with E-state index in [1.807, 2.05) is 6.92 Å². The molecule has 7 heteroatoms. The van der Waals surface area contributed by atoms with Crippen LogP contribution in [0.4, 0.5) is 5.82 Å². The number of nitrogens with zero attached hydrogens (tertiary/aromatic N) is 2. The van der Waals surface area contributed by atoms with Gasteiger partial charge in [-0.3, -0.25) is 4.72 Å². The molecule has 2 heterocycles. The minimum absolute atomic E-state index is 0.302. The van der Waals surface area contributed by atoms with Crippen LogP contribution in [0.15, 0.2) is 34.0 Å². The first-order chi connectivity index (χ1) is 7.63. The van der Waals surface area contributed by atoms with Crippen molar-refractivity contribution in [3.63, 3.8) is 0 Å². The van der Waals surface area contributed by atoms with Crippen LogP contribution in [0.3, 0.4) is 0 Å². The maximum Gasteiger partial charge on any atom is 0.272 e. The van der Waals surface area contributed by atoms with Crippen LogP contribution < -0.4 is 4.72 Å². The van der Waals surface area contributed by atoms with Crippen molar-refractivity contribution in [2.75, 3.05) is 4.72 Å². The smallest absolute Gasteiger partial charge is 0.263 e. The number of rotatable bonds is 4. The molecule has 0 saturated heterocycles. The van der Waals surface area contributed by atoms with E-state index in [1.165, 1.54) is 11.3 Å². The number of sulfonamides is 1. The van der Waals surface area contributed by atoms with Crippen molar-refractivity contribution >= 4 is 27.2 Å². The zero-order chi connectivity index (χ0) is 11.6. The lowest BCUT2D eigenvalue weighted by molar-refractivity contribution is 0.601. The van der Waals surface area contributed by atoms with Crippen molar-refractivity contribution in [3.05, 3.63) is 29.8 Å². The first-order valence-corrected chi connectivity index (χ1v) is 7.08. The van der Waals surface area contributed by atoms with Crippen molar-refractivity contribution in [2.45, 2.75) is 17.7 Å². The summed E-state index contributed by atoms with van der Waals surface area (Å²) in [4.78, 5) is 0. The van der Waals surface area contributed by atoms with E-state index < -0.39 is 10.0 Å². The topological polar surface area (TPSA) is 64.0 Å². The lowest BCUT2D eigenvalue weighted by atomic mass is 10.6. The summed E-state index contributed by atoms with van der Waals surface area (Å²) >= 11 is 1.19. The van der Waals surface area contributed by atoms with Crippen LogP contribution in [0.25, 0.3) is 0 Å². The normalized spacial score (nSPS) is 11.6. The fourth-order valence-electron chi connectivity index (χ4n) is 1.28. The Morgan fingerprint density at radius 3 is 2.94 bits per heavy atom. The highest BCUT2D eigenvalue weighted by molar-refractivity contribution is 7.94. The molecule has 0 bridgehead atoms. The minimum Gasteiger partial charge on any atom is -0.263 e. The molecule has 0 aliphatic heterocycles. The van der Waals surface area contributed by atoms with Gasteiger partial charge in [-0.15, -0.1) is 11.3 Å².